The normalized spacial score (nSPS) is 10.2. The summed E-state index contributed by atoms with van der Waals surface area (Å²) in [4.78, 5) is 15.6. The van der Waals surface area contributed by atoms with Crippen molar-refractivity contribution >= 4 is 34.9 Å². The lowest BCUT2D eigenvalue weighted by molar-refractivity contribution is 0.252. The van der Waals surface area contributed by atoms with Crippen molar-refractivity contribution in [2.75, 3.05) is 11.9 Å². The molecule has 8 heteroatoms. The van der Waals surface area contributed by atoms with Gasteiger partial charge in [-0.1, -0.05) is 23.2 Å². The molecular formula is C11H11Cl2N5O. The van der Waals surface area contributed by atoms with Crippen LogP contribution in [-0.4, -0.2) is 27.8 Å². The summed E-state index contributed by atoms with van der Waals surface area (Å²) >= 11 is 11.8. The van der Waals surface area contributed by atoms with Gasteiger partial charge in [0, 0.05) is 18.0 Å². The molecule has 1 heterocycles. The van der Waals surface area contributed by atoms with Crippen LogP contribution < -0.4 is 10.6 Å². The van der Waals surface area contributed by atoms with Crippen molar-refractivity contribution in [3.05, 3.63) is 40.4 Å². The molecule has 0 saturated heterocycles. The van der Waals surface area contributed by atoms with Gasteiger partial charge in [0.25, 0.3) is 0 Å². The maximum Gasteiger partial charge on any atom is 0.319 e. The van der Waals surface area contributed by atoms with Crippen LogP contribution in [0.5, 0.6) is 0 Å². The van der Waals surface area contributed by atoms with Crippen molar-refractivity contribution in [3.8, 4) is 0 Å². The van der Waals surface area contributed by atoms with Crippen LogP contribution >= 0.6 is 23.2 Å². The third kappa shape index (κ3) is 4.11. The van der Waals surface area contributed by atoms with E-state index < -0.39 is 0 Å². The van der Waals surface area contributed by atoms with E-state index in [-0.39, 0.29) is 6.03 Å². The Morgan fingerprint density at radius 2 is 2.21 bits per heavy atom. The van der Waals surface area contributed by atoms with Crippen LogP contribution in [0.2, 0.25) is 10.0 Å². The molecule has 0 atom stereocenters. The van der Waals surface area contributed by atoms with E-state index in [0.29, 0.717) is 34.5 Å². The Morgan fingerprint density at radius 1 is 1.37 bits per heavy atom. The average Bonchev–Trinajstić information content (AvgIpc) is 2.87. The smallest absolute Gasteiger partial charge is 0.319 e. The number of aromatic nitrogens is 3. The maximum absolute atomic E-state index is 11.6. The van der Waals surface area contributed by atoms with Gasteiger partial charge in [-0.2, -0.15) is 5.10 Å². The fraction of sp³-hybridized carbons (Fsp3) is 0.182. The number of rotatable bonds is 4. The summed E-state index contributed by atoms with van der Waals surface area (Å²) in [5.41, 5.74) is 0.464. The highest BCUT2D eigenvalue weighted by Gasteiger charge is 2.06. The van der Waals surface area contributed by atoms with Gasteiger partial charge in [-0.3, -0.25) is 5.10 Å². The molecule has 19 heavy (non-hydrogen) atoms. The molecule has 2 aromatic rings. The molecular weight excluding hydrogens is 289 g/mol. The minimum Gasteiger partial charge on any atom is -0.337 e. The molecule has 3 N–H and O–H groups in total. The predicted molar refractivity (Wildman–Crippen MR) is 73.6 cm³/mol. The summed E-state index contributed by atoms with van der Waals surface area (Å²) in [6.07, 6.45) is 1.98. The second-order valence-corrected chi connectivity index (χ2v) is 4.53. The summed E-state index contributed by atoms with van der Waals surface area (Å²) in [5.74, 6) is 0.709. The lowest BCUT2D eigenvalue weighted by Crippen LogP contribution is -2.30. The number of anilines is 1. The summed E-state index contributed by atoms with van der Waals surface area (Å²) < 4.78 is 0. The Balaban J connectivity index is 1.82. The van der Waals surface area contributed by atoms with Gasteiger partial charge >= 0.3 is 6.03 Å². The van der Waals surface area contributed by atoms with Crippen LogP contribution in [0.4, 0.5) is 10.5 Å². The van der Waals surface area contributed by atoms with Crippen molar-refractivity contribution in [1.29, 1.82) is 0 Å². The van der Waals surface area contributed by atoms with Gasteiger partial charge in [0.05, 0.1) is 10.7 Å². The highest BCUT2D eigenvalue weighted by atomic mass is 35.5. The molecule has 0 bridgehead atoms. The third-order valence-corrected chi connectivity index (χ3v) is 2.85. The van der Waals surface area contributed by atoms with Crippen molar-refractivity contribution in [3.63, 3.8) is 0 Å². The Morgan fingerprint density at radius 3 is 2.95 bits per heavy atom. The zero-order valence-electron chi connectivity index (χ0n) is 9.78. The van der Waals surface area contributed by atoms with E-state index in [4.69, 9.17) is 23.2 Å². The largest absolute Gasteiger partial charge is 0.337 e. The van der Waals surface area contributed by atoms with Gasteiger partial charge in [-0.15, -0.1) is 0 Å². The molecule has 0 aliphatic carbocycles. The molecule has 0 saturated carbocycles. The molecule has 2 amide bonds. The topological polar surface area (TPSA) is 82.7 Å². The number of carbonyl (C=O) groups excluding carboxylic acids is 1. The summed E-state index contributed by atoms with van der Waals surface area (Å²) in [7, 11) is 0. The number of carbonyl (C=O) groups is 1. The fourth-order valence-electron chi connectivity index (χ4n) is 1.41. The Labute approximate surface area is 119 Å². The highest BCUT2D eigenvalue weighted by molar-refractivity contribution is 6.35. The molecule has 1 aromatic carbocycles. The number of H-pyrrole nitrogens is 1. The van der Waals surface area contributed by atoms with E-state index in [0.717, 1.165) is 0 Å². The first kappa shape index (κ1) is 13.6. The standard InChI is InChI=1S/C11H11Cl2N5O/c12-7-1-2-8(13)9(5-7)17-11(19)14-4-3-10-15-6-16-18-10/h1-2,5-6H,3-4H2,(H2,14,17,19)(H,15,16,18). The minimum atomic E-state index is -0.358. The summed E-state index contributed by atoms with van der Waals surface area (Å²) in [6, 6.07) is 4.49. The van der Waals surface area contributed by atoms with E-state index in [1.807, 2.05) is 0 Å². The molecule has 100 valence electrons. The molecule has 1 aromatic heterocycles. The number of nitrogens with one attached hydrogen (secondary N) is 3. The van der Waals surface area contributed by atoms with Gasteiger partial charge in [0.15, 0.2) is 0 Å². The van der Waals surface area contributed by atoms with Crippen molar-refractivity contribution in [2.45, 2.75) is 6.42 Å². The molecule has 0 spiro atoms. The summed E-state index contributed by atoms with van der Waals surface area (Å²) in [5, 5.41) is 12.6. The van der Waals surface area contributed by atoms with Crippen LogP contribution in [0.1, 0.15) is 5.82 Å². The van der Waals surface area contributed by atoms with E-state index in [9.17, 15) is 4.79 Å². The first-order valence-electron chi connectivity index (χ1n) is 5.49. The zero-order valence-corrected chi connectivity index (χ0v) is 11.3. The first-order valence-corrected chi connectivity index (χ1v) is 6.25. The average molecular weight is 300 g/mol. The van der Waals surface area contributed by atoms with Gasteiger partial charge in [0.2, 0.25) is 0 Å². The Bertz CT molecular complexity index is 558. The number of amides is 2. The number of halogens is 2. The van der Waals surface area contributed by atoms with E-state index in [1.165, 1.54) is 6.33 Å². The zero-order chi connectivity index (χ0) is 13.7. The molecule has 6 nitrogen and oxygen atoms in total. The molecule has 2 rings (SSSR count). The Kier molecular flexibility index (Phi) is 4.59. The third-order valence-electron chi connectivity index (χ3n) is 2.29. The molecule has 0 unspecified atom stereocenters. The minimum absolute atomic E-state index is 0.358. The second kappa shape index (κ2) is 6.40. The van der Waals surface area contributed by atoms with Gasteiger partial charge in [-0.25, -0.2) is 9.78 Å². The first-order chi connectivity index (χ1) is 9.15. The van der Waals surface area contributed by atoms with Crippen LogP contribution in [0, 0.1) is 0 Å². The van der Waals surface area contributed by atoms with Crippen molar-refractivity contribution in [1.82, 2.24) is 20.5 Å². The monoisotopic (exact) mass is 299 g/mol. The number of urea groups is 1. The van der Waals surface area contributed by atoms with Crippen molar-refractivity contribution < 1.29 is 4.79 Å². The molecule has 0 aliphatic rings. The second-order valence-electron chi connectivity index (χ2n) is 3.69. The maximum atomic E-state index is 11.6. The summed E-state index contributed by atoms with van der Waals surface area (Å²) in [6.45, 7) is 0.430. The molecule has 0 aliphatic heterocycles. The van der Waals surface area contributed by atoms with Gasteiger partial charge in [-0.05, 0) is 18.2 Å². The Hall–Kier alpha value is -1.79. The predicted octanol–water partition coefficient (Wildman–Crippen LogP) is 2.48. The molecule has 0 fully saturated rings. The number of aromatic amines is 1. The fourth-order valence-corrected chi connectivity index (χ4v) is 1.74. The molecule has 0 radical (unpaired) electrons. The SMILES string of the molecule is O=C(NCCc1ncn[nH]1)Nc1cc(Cl)ccc1Cl. The number of hydrogen-bond donors (Lipinski definition) is 3. The van der Waals surface area contributed by atoms with E-state index in [2.05, 4.69) is 25.8 Å². The van der Waals surface area contributed by atoms with Crippen LogP contribution in [0.15, 0.2) is 24.5 Å². The van der Waals surface area contributed by atoms with E-state index >= 15 is 0 Å². The van der Waals surface area contributed by atoms with Gasteiger partial charge < -0.3 is 10.6 Å². The number of nitrogens with zero attached hydrogens (tertiary/aromatic N) is 2. The van der Waals surface area contributed by atoms with Crippen LogP contribution in [0.3, 0.4) is 0 Å². The lowest BCUT2D eigenvalue weighted by atomic mass is 10.3. The number of benzene rings is 1. The number of hydrogen-bond acceptors (Lipinski definition) is 3. The van der Waals surface area contributed by atoms with Crippen LogP contribution in [0.25, 0.3) is 0 Å². The lowest BCUT2D eigenvalue weighted by Gasteiger charge is -2.08. The van der Waals surface area contributed by atoms with Crippen LogP contribution in [-0.2, 0) is 6.42 Å². The quantitative estimate of drug-likeness (QED) is 0.811. The van der Waals surface area contributed by atoms with Gasteiger partial charge in [0.1, 0.15) is 12.2 Å². The highest BCUT2D eigenvalue weighted by Crippen LogP contribution is 2.25. The van der Waals surface area contributed by atoms with Crippen molar-refractivity contribution in [2.24, 2.45) is 0 Å². The van der Waals surface area contributed by atoms with E-state index in [1.54, 1.807) is 18.2 Å².